The zero-order valence-corrected chi connectivity index (χ0v) is 15.3. The summed E-state index contributed by atoms with van der Waals surface area (Å²) in [6, 6.07) is 10.9. The number of nitrogens with zero attached hydrogens (tertiary/aromatic N) is 3. The molecule has 148 valence electrons. The fraction of sp³-hybridized carbons (Fsp3) is 0.381. The first-order chi connectivity index (χ1) is 13.4. The summed E-state index contributed by atoms with van der Waals surface area (Å²) >= 11 is 0. The molecule has 28 heavy (non-hydrogen) atoms. The average molecular weight is 391 g/mol. The third-order valence-electron chi connectivity index (χ3n) is 5.29. The van der Waals surface area contributed by atoms with Crippen molar-refractivity contribution < 1.29 is 17.6 Å². The number of hydrogen-bond donors (Lipinski definition) is 0. The van der Waals surface area contributed by atoms with E-state index in [9.17, 15) is 17.6 Å². The highest BCUT2D eigenvalue weighted by molar-refractivity contribution is 5.75. The fourth-order valence-electron chi connectivity index (χ4n) is 3.78. The van der Waals surface area contributed by atoms with Crippen LogP contribution in [0.5, 0.6) is 0 Å². The Morgan fingerprint density at radius 3 is 2.61 bits per heavy atom. The summed E-state index contributed by atoms with van der Waals surface area (Å²) in [4.78, 5) is 7.02. The summed E-state index contributed by atoms with van der Waals surface area (Å²) in [6.07, 6.45) is -2.48. The van der Waals surface area contributed by atoms with Gasteiger partial charge in [0.05, 0.1) is 23.1 Å². The van der Waals surface area contributed by atoms with Crippen LogP contribution in [0.15, 0.2) is 42.5 Å². The van der Waals surface area contributed by atoms with Gasteiger partial charge < -0.3 is 4.57 Å². The number of rotatable bonds is 5. The lowest BCUT2D eigenvalue weighted by molar-refractivity contribution is -0.137. The van der Waals surface area contributed by atoms with Crippen molar-refractivity contribution in [3.05, 3.63) is 65.2 Å². The first-order valence-electron chi connectivity index (χ1n) is 9.44. The van der Waals surface area contributed by atoms with Gasteiger partial charge in [-0.15, -0.1) is 0 Å². The molecule has 0 N–H and O–H groups in total. The van der Waals surface area contributed by atoms with E-state index in [4.69, 9.17) is 4.98 Å². The number of imidazole rings is 1. The Bertz CT molecular complexity index is 977. The minimum Gasteiger partial charge on any atom is -0.326 e. The number of unbranched alkanes of at least 4 members (excludes halogenated alkanes) is 1. The molecule has 1 aliphatic heterocycles. The maximum atomic E-state index is 13.9. The molecule has 1 aliphatic rings. The predicted molar refractivity (Wildman–Crippen MR) is 99.4 cm³/mol. The van der Waals surface area contributed by atoms with Gasteiger partial charge in [0.15, 0.2) is 0 Å². The van der Waals surface area contributed by atoms with Gasteiger partial charge in [0.2, 0.25) is 0 Å². The largest absolute Gasteiger partial charge is 0.416 e. The van der Waals surface area contributed by atoms with Gasteiger partial charge in [-0.2, -0.15) is 13.2 Å². The molecule has 0 saturated carbocycles. The third kappa shape index (κ3) is 3.90. The molecule has 2 aromatic carbocycles. The van der Waals surface area contributed by atoms with Crippen LogP contribution in [0.3, 0.4) is 0 Å². The van der Waals surface area contributed by atoms with Crippen molar-refractivity contribution in [1.29, 1.82) is 0 Å². The zero-order valence-electron chi connectivity index (χ0n) is 15.3. The van der Waals surface area contributed by atoms with Crippen molar-refractivity contribution in [3.63, 3.8) is 0 Å². The minimum absolute atomic E-state index is 0.341. The molecule has 7 heteroatoms. The van der Waals surface area contributed by atoms with Crippen molar-refractivity contribution in [2.24, 2.45) is 0 Å². The van der Waals surface area contributed by atoms with Crippen LogP contribution in [0.2, 0.25) is 0 Å². The Balaban J connectivity index is 1.29. The molecular weight excluding hydrogens is 370 g/mol. The zero-order chi connectivity index (χ0) is 19.7. The monoisotopic (exact) mass is 391 g/mol. The molecular formula is C21H21F4N3. The standard InChI is InChI=1S/C21H21F4N3/c22-17-13-16(21(23,24)25)9-8-15(17)5-3-4-10-27-11-12-28-19-7-2-1-6-18(19)26-20(28)14-27/h1-2,6-9,13H,3-5,10-12,14H2. The number of halogens is 4. The Kier molecular flexibility index (Phi) is 5.10. The smallest absolute Gasteiger partial charge is 0.326 e. The molecule has 1 aromatic heterocycles. The van der Waals surface area contributed by atoms with E-state index >= 15 is 0 Å². The van der Waals surface area contributed by atoms with Gasteiger partial charge in [0, 0.05) is 13.1 Å². The van der Waals surface area contributed by atoms with E-state index in [0.29, 0.717) is 18.1 Å². The second-order valence-electron chi connectivity index (χ2n) is 7.21. The van der Waals surface area contributed by atoms with Crippen LogP contribution in [0.1, 0.15) is 29.8 Å². The molecule has 0 spiro atoms. The van der Waals surface area contributed by atoms with Gasteiger partial charge in [-0.1, -0.05) is 18.2 Å². The number of para-hydroxylation sites is 2. The fourth-order valence-corrected chi connectivity index (χ4v) is 3.78. The summed E-state index contributed by atoms with van der Waals surface area (Å²) < 4.78 is 54.0. The molecule has 0 saturated heterocycles. The van der Waals surface area contributed by atoms with E-state index in [1.54, 1.807) is 0 Å². The summed E-state index contributed by atoms with van der Waals surface area (Å²) in [6.45, 7) is 3.47. The van der Waals surface area contributed by atoms with E-state index in [-0.39, 0.29) is 0 Å². The molecule has 3 nitrogen and oxygen atoms in total. The summed E-state index contributed by atoms with van der Waals surface area (Å²) in [5, 5.41) is 0. The summed E-state index contributed by atoms with van der Waals surface area (Å²) in [7, 11) is 0. The van der Waals surface area contributed by atoms with Crippen LogP contribution < -0.4 is 0 Å². The molecule has 0 bridgehead atoms. The molecule has 4 rings (SSSR count). The van der Waals surface area contributed by atoms with Crippen LogP contribution in [0.25, 0.3) is 11.0 Å². The summed E-state index contributed by atoms with van der Waals surface area (Å²) in [5.74, 6) is 0.280. The maximum absolute atomic E-state index is 13.9. The number of aromatic nitrogens is 2. The molecule has 0 radical (unpaired) electrons. The Morgan fingerprint density at radius 2 is 1.82 bits per heavy atom. The van der Waals surface area contributed by atoms with Crippen LogP contribution in [0.4, 0.5) is 17.6 Å². The van der Waals surface area contributed by atoms with Crippen molar-refractivity contribution in [1.82, 2.24) is 14.5 Å². The van der Waals surface area contributed by atoms with E-state index < -0.39 is 17.6 Å². The third-order valence-corrected chi connectivity index (χ3v) is 5.29. The lowest BCUT2D eigenvalue weighted by Gasteiger charge is -2.27. The molecule has 3 aromatic rings. The maximum Gasteiger partial charge on any atom is 0.416 e. The van der Waals surface area contributed by atoms with E-state index in [1.807, 2.05) is 18.2 Å². The minimum atomic E-state index is -4.51. The lowest BCUT2D eigenvalue weighted by Crippen LogP contribution is -2.34. The molecule has 0 atom stereocenters. The second-order valence-corrected chi connectivity index (χ2v) is 7.21. The van der Waals surface area contributed by atoms with Crippen molar-refractivity contribution in [2.45, 2.75) is 38.5 Å². The Morgan fingerprint density at radius 1 is 1.00 bits per heavy atom. The van der Waals surface area contributed by atoms with Crippen molar-refractivity contribution in [2.75, 3.05) is 13.1 Å². The summed E-state index contributed by atoms with van der Waals surface area (Å²) in [5.41, 5.74) is 1.57. The van der Waals surface area contributed by atoms with Crippen molar-refractivity contribution >= 4 is 11.0 Å². The average Bonchev–Trinajstić information content (AvgIpc) is 3.03. The number of fused-ring (bicyclic) bond motifs is 3. The highest BCUT2D eigenvalue weighted by Gasteiger charge is 2.31. The quantitative estimate of drug-likeness (QED) is 0.449. The molecule has 0 amide bonds. The predicted octanol–water partition coefficient (Wildman–Crippen LogP) is 5.03. The molecule has 0 fully saturated rings. The molecule has 0 unspecified atom stereocenters. The number of alkyl halides is 3. The molecule has 2 heterocycles. The van der Waals surface area contributed by atoms with Gasteiger partial charge in [-0.25, -0.2) is 9.37 Å². The van der Waals surface area contributed by atoms with Gasteiger partial charge >= 0.3 is 6.18 Å². The second kappa shape index (κ2) is 7.54. The highest BCUT2D eigenvalue weighted by Crippen LogP contribution is 2.30. The highest BCUT2D eigenvalue weighted by atomic mass is 19.4. The number of benzene rings is 2. The Hall–Kier alpha value is -2.41. The van der Waals surface area contributed by atoms with Gasteiger partial charge in [-0.3, -0.25) is 4.90 Å². The van der Waals surface area contributed by atoms with Crippen LogP contribution >= 0.6 is 0 Å². The first-order valence-corrected chi connectivity index (χ1v) is 9.44. The normalized spacial score (nSPS) is 15.1. The van der Waals surface area contributed by atoms with E-state index in [2.05, 4.69) is 15.5 Å². The van der Waals surface area contributed by atoms with E-state index in [0.717, 1.165) is 61.9 Å². The van der Waals surface area contributed by atoms with Crippen LogP contribution in [-0.4, -0.2) is 27.5 Å². The van der Waals surface area contributed by atoms with Gasteiger partial charge in [0.25, 0.3) is 0 Å². The topological polar surface area (TPSA) is 21.1 Å². The lowest BCUT2D eigenvalue weighted by atomic mass is 10.0. The van der Waals surface area contributed by atoms with Crippen LogP contribution in [-0.2, 0) is 25.7 Å². The SMILES string of the molecule is Fc1cc(C(F)(F)F)ccc1CCCCN1CCn2c(nc3ccccc32)C1. The van der Waals surface area contributed by atoms with Gasteiger partial charge in [-0.05, 0) is 55.6 Å². The Labute approximate surface area is 160 Å². The van der Waals surface area contributed by atoms with Gasteiger partial charge in [0.1, 0.15) is 11.6 Å². The van der Waals surface area contributed by atoms with Crippen LogP contribution in [0, 0.1) is 5.82 Å². The van der Waals surface area contributed by atoms with E-state index in [1.165, 1.54) is 6.07 Å². The number of aryl methyl sites for hydroxylation is 1. The molecule has 0 aliphatic carbocycles. The van der Waals surface area contributed by atoms with Crippen molar-refractivity contribution in [3.8, 4) is 0 Å². The number of hydrogen-bond acceptors (Lipinski definition) is 2. The first kappa shape index (κ1) is 18.9.